The first-order chi connectivity index (χ1) is 8.65. The molecule has 0 bridgehead atoms. The Morgan fingerprint density at radius 1 is 1.26 bits per heavy atom. The summed E-state index contributed by atoms with van der Waals surface area (Å²) in [6.07, 6.45) is 0. The van der Waals surface area contributed by atoms with Gasteiger partial charge in [-0.1, -0.05) is 39.3 Å². The molecule has 0 saturated heterocycles. The Kier molecular flexibility index (Phi) is 5.86. The average Bonchev–Trinajstić information content (AvgIpc) is 2.59. The summed E-state index contributed by atoms with van der Waals surface area (Å²) in [5.74, 6) is 1.21. The third-order valence-electron chi connectivity index (χ3n) is 3.32. The first kappa shape index (κ1) is 17.0. The fourth-order valence-electron chi connectivity index (χ4n) is 2.08. The highest BCUT2D eigenvalue weighted by Gasteiger charge is 2.23. The molecule has 1 aromatic rings. The second-order valence-electron chi connectivity index (χ2n) is 5.53. The summed E-state index contributed by atoms with van der Waals surface area (Å²) in [6, 6.07) is 1.62. The molecule has 0 radical (unpaired) electrons. The zero-order valence-electron chi connectivity index (χ0n) is 12.0. The van der Waals surface area contributed by atoms with Gasteiger partial charge in [-0.15, -0.1) is 11.3 Å². The minimum atomic E-state index is -3.44. The van der Waals surface area contributed by atoms with Crippen LogP contribution in [0.25, 0.3) is 0 Å². The molecule has 0 fully saturated rings. The van der Waals surface area contributed by atoms with Gasteiger partial charge in [-0.2, -0.15) is 0 Å². The summed E-state index contributed by atoms with van der Waals surface area (Å²) in [5, 5.41) is 0. The Morgan fingerprint density at radius 2 is 1.79 bits per heavy atom. The highest BCUT2D eigenvalue weighted by molar-refractivity contribution is 7.91. The molecule has 0 spiro atoms. The van der Waals surface area contributed by atoms with E-state index in [1.165, 1.54) is 0 Å². The molecule has 1 aromatic heterocycles. The van der Waals surface area contributed by atoms with Gasteiger partial charge in [0.2, 0.25) is 10.0 Å². The van der Waals surface area contributed by atoms with E-state index in [1.807, 2.05) is 6.92 Å². The van der Waals surface area contributed by atoms with Crippen LogP contribution in [0, 0.1) is 24.7 Å². The topological polar surface area (TPSA) is 46.2 Å². The molecule has 19 heavy (non-hydrogen) atoms. The van der Waals surface area contributed by atoms with E-state index in [9.17, 15) is 8.42 Å². The standard InChI is InChI=1S/C13H22ClNO2S2/c1-8(2)11(9(3)4)7-15-19(16,17)12-6-10(5)13(14)18-12/h6,8-9,11,15H,7H2,1-5H3. The molecule has 1 N–H and O–H groups in total. The first-order valence-electron chi connectivity index (χ1n) is 6.40. The zero-order valence-corrected chi connectivity index (χ0v) is 14.4. The smallest absolute Gasteiger partial charge is 0.210 e. The van der Waals surface area contributed by atoms with Crippen molar-refractivity contribution < 1.29 is 8.42 Å². The van der Waals surface area contributed by atoms with Crippen molar-refractivity contribution in [3.63, 3.8) is 0 Å². The molecule has 0 aliphatic heterocycles. The van der Waals surface area contributed by atoms with Crippen LogP contribution >= 0.6 is 22.9 Å². The number of hydrogen-bond acceptors (Lipinski definition) is 3. The van der Waals surface area contributed by atoms with E-state index >= 15 is 0 Å². The quantitative estimate of drug-likeness (QED) is 0.862. The SMILES string of the molecule is Cc1cc(S(=O)(=O)NCC(C(C)C)C(C)C)sc1Cl. The molecule has 6 heteroatoms. The van der Waals surface area contributed by atoms with E-state index in [0.717, 1.165) is 16.9 Å². The van der Waals surface area contributed by atoms with Crippen molar-refractivity contribution in [1.82, 2.24) is 4.72 Å². The maximum absolute atomic E-state index is 12.2. The second-order valence-corrected chi connectivity index (χ2v) is 9.17. The lowest BCUT2D eigenvalue weighted by molar-refractivity contribution is 0.289. The molecular formula is C13H22ClNO2S2. The minimum Gasteiger partial charge on any atom is -0.210 e. The molecule has 0 aromatic carbocycles. The fourth-order valence-corrected chi connectivity index (χ4v) is 4.91. The molecule has 1 heterocycles. The molecule has 0 aliphatic carbocycles. The zero-order chi connectivity index (χ0) is 14.8. The Morgan fingerprint density at radius 3 is 2.16 bits per heavy atom. The van der Waals surface area contributed by atoms with Gasteiger partial charge >= 0.3 is 0 Å². The summed E-state index contributed by atoms with van der Waals surface area (Å²) in [4.78, 5) is 0. The summed E-state index contributed by atoms with van der Waals surface area (Å²) in [6.45, 7) is 10.7. The van der Waals surface area contributed by atoms with Crippen molar-refractivity contribution >= 4 is 33.0 Å². The maximum atomic E-state index is 12.2. The van der Waals surface area contributed by atoms with Gasteiger partial charge in [-0.05, 0) is 36.3 Å². The number of hydrogen-bond donors (Lipinski definition) is 1. The lowest BCUT2D eigenvalue weighted by Gasteiger charge is -2.24. The van der Waals surface area contributed by atoms with Gasteiger partial charge in [0.1, 0.15) is 4.21 Å². The summed E-state index contributed by atoms with van der Waals surface area (Å²) >= 11 is 7.03. The van der Waals surface area contributed by atoms with E-state index < -0.39 is 10.0 Å². The van der Waals surface area contributed by atoms with Crippen molar-refractivity contribution in [1.29, 1.82) is 0 Å². The highest BCUT2D eigenvalue weighted by atomic mass is 35.5. The molecular weight excluding hydrogens is 302 g/mol. The van der Waals surface area contributed by atoms with Crippen molar-refractivity contribution in [2.45, 2.75) is 38.8 Å². The number of sulfonamides is 1. The Bertz CT molecular complexity index is 493. The Labute approximate surface area is 125 Å². The van der Waals surface area contributed by atoms with E-state index in [4.69, 9.17) is 11.6 Å². The summed E-state index contributed by atoms with van der Waals surface area (Å²) < 4.78 is 27.9. The van der Waals surface area contributed by atoms with Gasteiger partial charge in [0, 0.05) is 6.54 Å². The number of thiophene rings is 1. The van der Waals surface area contributed by atoms with Gasteiger partial charge in [0.25, 0.3) is 0 Å². The van der Waals surface area contributed by atoms with Crippen molar-refractivity contribution in [2.75, 3.05) is 6.54 Å². The van der Waals surface area contributed by atoms with Crippen molar-refractivity contribution in [2.24, 2.45) is 17.8 Å². The van der Waals surface area contributed by atoms with Crippen LogP contribution in [-0.2, 0) is 10.0 Å². The largest absolute Gasteiger partial charge is 0.250 e. The van der Waals surface area contributed by atoms with Gasteiger partial charge in [0.05, 0.1) is 4.34 Å². The normalized spacial score (nSPS) is 12.9. The van der Waals surface area contributed by atoms with E-state index in [1.54, 1.807) is 6.07 Å². The van der Waals surface area contributed by atoms with E-state index in [0.29, 0.717) is 32.8 Å². The molecule has 1 rings (SSSR count). The van der Waals surface area contributed by atoms with Crippen LogP contribution in [0.4, 0.5) is 0 Å². The van der Waals surface area contributed by atoms with Gasteiger partial charge in [-0.3, -0.25) is 0 Å². The maximum Gasteiger partial charge on any atom is 0.250 e. The Balaban J connectivity index is 2.80. The third-order valence-corrected chi connectivity index (χ3v) is 6.77. The predicted octanol–water partition coefficient (Wildman–Crippen LogP) is 3.92. The number of nitrogens with one attached hydrogen (secondary N) is 1. The van der Waals surface area contributed by atoms with Gasteiger partial charge in [-0.25, -0.2) is 13.1 Å². The van der Waals surface area contributed by atoms with Crippen molar-refractivity contribution in [3.8, 4) is 0 Å². The molecule has 3 nitrogen and oxygen atoms in total. The monoisotopic (exact) mass is 323 g/mol. The van der Waals surface area contributed by atoms with E-state index in [2.05, 4.69) is 32.4 Å². The highest BCUT2D eigenvalue weighted by Crippen LogP contribution is 2.30. The van der Waals surface area contributed by atoms with Crippen LogP contribution in [0.5, 0.6) is 0 Å². The van der Waals surface area contributed by atoms with Crippen LogP contribution in [0.15, 0.2) is 10.3 Å². The fraction of sp³-hybridized carbons (Fsp3) is 0.692. The number of rotatable bonds is 6. The molecule has 0 atom stereocenters. The predicted molar refractivity (Wildman–Crippen MR) is 82.4 cm³/mol. The Hall–Kier alpha value is -0.100. The number of aryl methyl sites for hydroxylation is 1. The van der Waals surface area contributed by atoms with Crippen LogP contribution < -0.4 is 4.72 Å². The van der Waals surface area contributed by atoms with Crippen LogP contribution in [0.2, 0.25) is 4.34 Å². The second kappa shape index (κ2) is 6.57. The summed E-state index contributed by atoms with van der Waals surface area (Å²) in [5.41, 5.74) is 0.802. The first-order valence-corrected chi connectivity index (χ1v) is 9.08. The van der Waals surface area contributed by atoms with E-state index in [-0.39, 0.29) is 0 Å². The molecule has 0 aliphatic rings. The average molecular weight is 324 g/mol. The van der Waals surface area contributed by atoms with Gasteiger partial charge < -0.3 is 0 Å². The molecule has 0 amide bonds. The molecule has 0 saturated carbocycles. The van der Waals surface area contributed by atoms with Gasteiger partial charge in [0.15, 0.2) is 0 Å². The van der Waals surface area contributed by atoms with Crippen LogP contribution in [0.1, 0.15) is 33.3 Å². The van der Waals surface area contributed by atoms with Crippen LogP contribution in [-0.4, -0.2) is 15.0 Å². The lowest BCUT2D eigenvalue weighted by atomic mass is 9.86. The minimum absolute atomic E-state index is 0.293. The van der Waals surface area contributed by atoms with Crippen LogP contribution in [0.3, 0.4) is 0 Å². The molecule has 0 unspecified atom stereocenters. The third kappa shape index (κ3) is 4.45. The molecule has 110 valence electrons. The number of halogens is 1. The van der Waals surface area contributed by atoms with Crippen molar-refractivity contribution in [3.05, 3.63) is 16.0 Å². The summed E-state index contributed by atoms with van der Waals surface area (Å²) in [7, 11) is -3.44. The lowest BCUT2D eigenvalue weighted by Crippen LogP contribution is -2.33.